The molecule has 0 aromatic carbocycles. The highest BCUT2D eigenvalue weighted by molar-refractivity contribution is 14.1. The Hall–Kier alpha value is -3.55. The quantitative estimate of drug-likeness (QED) is 0.186. The predicted molar refractivity (Wildman–Crippen MR) is 159 cm³/mol. The van der Waals surface area contributed by atoms with Gasteiger partial charge < -0.3 is 9.47 Å². The van der Waals surface area contributed by atoms with Crippen LogP contribution in [-0.2, 0) is 0 Å². The maximum atomic E-state index is 6.27. The number of nitrogens with one attached hydrogen (secondary N) is 2. The van der Waals surface area contributed by atoms with Gasteiger partial charge in [0.25, 0.3) is 0 Å². The number of aromatic amines is 2. The fourth-order valence-corrected chi connectivity index (χ4v) is 4.74. The average Bonchev–Trinajstić information content (AvgIpc) is 3.57. The van der Waals surface area contributed by atoms with Crippen LogP contribution >= 0.6 is 45.8 Å². The van der Waals surface area contributed by atoms with Gasteiger partial charge in [0.2, 0.25) is 11.8 Å². The van der Waals surface area contributed by atoms with Crippen molar-refractivity contribution in [2.75, 3.05) is 13.2 Å². The van der Waals surface area contributed by atoms with Gasteiger partial charge in [-0.25, -0.2) is 19.9 Å². The Morgan fingerprint density at radius 1 is 0.821 bits per heavy atom. The van der Waals surface area contributed by atoms with Crippen molar-refractivity contribution >= 4 is 67.9 Å². The molecule has 10 nitrogen and oxygen atoms in total. The zero-order valence-corrected chi connectivity index (χ0v) is 24.4. The highest BCUT2D eigenvalue weighted by Gasteiger charge is 2.15. The molecule has 0 amide bonds. The fraction of sp³-hybridized carbons (Fsp3) is 0.154. The monoisotopic (exact) mass is 674 g/mol. The molecule has 0 aliphatic heterocycles. The van der Waals surface area contributed by atoms with Crippen LogP contribution < -0.4 is 9.47 Å². The van der Waals surface area contributed by atoms with Crippen molar-refractivity contribution < 1.29 is 9.47 Å². The van der Waals surface area contributed by atoms with Crippen molar-refractivity contribution in [3.8, 4) is 34.3 Å². The predicted octanol–water partition coefficient (Wildman–Crippen LogP) is 6.75. The van der Waals surface area contributed by atoms with Crippen molar-refractivity contribution in [3.63, 3.8) is 0 Å². The zero-order valence-electron chi connectivity index (χ0n) is 20.7. The Morgan fingerprint density at radius 3 is 2.08 bits per heavy atom. The summed E-state index contributed by atoms with van der Waals surface area (Å²) < 4.78 is 11.9. The largest absolute Gasteiger partial charge is 0.477 e. The second-order valence-electron chi connectivity index (χ2n) is 7.92. The van der Waals surface area contributed by atoms with Crippen molar-refractivity contribution in [2.45, 2.75) is 13.8 Å². The molecule has 0 unspecified atom stereocenters. The van der Waals surface area contributed by atoms with E-state index < -0.39 is 0 Å². The van der Waals surface area contributed by atoms with Crippen molar-refractivity contribution in [1.82, 2.24) is 40.3 Å². The van der Waals surface area contributed by atoms with Gasteiger partial charge in [-0.1, -0.05) is 23.2 Å². The number of pyridine rings is 4. The minimum Gasteiger partial charge on any atom is -0.477 e. The number of rotatable bonds is 6. The van der Waals surface area contributed by atoms with Crippen molar-refractivity contribution in [1.29, 1.82) is 0 Å². The van der Waals surface area contributed by atoms with Gasteiger partial charge in [-0.3, -0.25) is 10.2 Å². The van der Waals surface area contributed by atoms with Crippen LogP contribution in [0.25, 0.3) is 44.6 Å². The molecule has 0 aliphatic carbocycles. The van der Waals surface area contributed by atoms with E-state index in [0.29, 0.717) is 46.1 Å². The van der Waals surface area contributed by atoms with E-state index in [9.17, 15) is 0 Å². The Kier molecular flexibility index (Phi) is 8.38. The van der Waals surface area contributed by atoms with Crippen molar-refractivity contribution in [2.24, 2.45) is 0 Å². The van der Waals surface area contributed by atoms with E-state index in [1.54, 1.807) is 30.7 Å². The third-order valence-corrected chi connectivity index (χ3v) is 6.78. The number of ether oxygens (including phenoxy) is 2. The van der Waals surface area contributed by atoms with Gasteiger partial charge in [-0.2, -0.15) is 10.2 Å². The molecule has 0 radical (unpaired) electrons. The number of hydrogen-bond donors (Lipinski definition) is 2. The van der Waals surface area contributed by atoms with Crippen LogP contribution in [0.4, 0.5) is 0 Å². The minimum atomic E-state index is 0.545. The lowest BCUT2D eigenvalue weighted by atomic mass is 10.1. The minimum absolute atomic E-state index is 0.545. The molecule has 6 heterocycles. The standard InChI is InChI=1S/C13H10ClIN4O.C13H11ClN4O/c1-2-20-13-7(4-3-5-16-13)9-6-8(14)10-11(17-9)12(15)19-18-10;1-2-19-13-8(4-3-5-15-13)10-6-9(14)12-11(17-10)7-16-18-12/h3-6H,2H2,1H3,(H,18,19);3-7H,2H2,1H3,(H,16,18). The summed E-state index contributed by atoms with van der Waals surface area (Å²) in [4.78, 5) is 17.6. The molecular weight excluding hydrogens is 654 g/mol. The van der Waals surface area contributed by atoms with E-state index in [-0.39, 0.29) is 0 Å². The van der Waals surface area contributed by atoms with Crippen LogP contribution in [-0.4, -0.2) is 53.5 Å². The molecule has 0 aliphatic rings. The van der Waals surface area contributed by atoms with Gasteiger partial charge in [-0.15, -0.1) is 0 Å². The van der Waals surface area contributed by atoms with Crippen LogP contribution in [0.3, 0.4) is 0 Å². The second kappa shape index (κ2) is 12.1. The van der Waals surface area contributed by atoms with E-state index >= 15 is 0 Å². The Morgan fingerprint density at radius 2 is 1.44 bits per heavy atom. The highest BCUT2D eigenvalue weighted by atomic mass is 127. The number of fused-ring (bicyclic) bond motifs is 2. The molecule has 2 N–H and O–H groups in total. The highest BCUT2D eigenvalue weighted by Crippen LogP contribution is 2.33. The summed E-state index contributed by atoms with van der Waals surface area (Å²) in [5.74, 6) is 1.10. The summed E-state index contributed by atoms with van der Waals surface area (Å²) in [6, 6.07) is 11.1. The third kappa shape index (κ3) is 5.75. The second-order valence-corrected chi connectivity index (χ2v) is 9.82. The fourth-order valence-electron chi connectivity index (χ4n) is 3.77. The Bertz CT molecular complexity index is 1760. The topological polar surface area (TPSA) is 127 Å². The smallest absolute Gasteiger partial charge is 0.222 e. The summed E-state index contributed by atoms with van der Waals surface area (Å²) in [6.45, 7) is 4.92. The number of nitrogens with zero attached hydrogens (tertiary/aromatic N) is 6. The third-order valence-electron chi connectivity index (χ3n) is 5.44. The van der Waals surface area contributed by atoms with Crippen molar-refractivity contribution in [3.05, 3.63) is 68.7 Å². The lowest BCUT2D eigenvalue weighted by molar-refractivity contribution is 0.328. The van der Waals surface area contributed by atoms with E-state index in [2.05, 4.69) is 62.9 Å². The molecule has 6 rings (SSSR count). The number of aromatic nitrogens is 8. The first kappa shape index (κ1) is 27.0. The molecule has 198 valence electrons. The Balaban J connectivity index is 0.000000158. The van der Waals surface area contributed by atoms with E-state index in [1.807, 2.05) is 38.1 Å². The molecular formula is C26H21Cl2IN8O2. The van der Waals surface area contributed by atoms with Crippen LogP contribution in [0.15, 0.2) is 55.0 Å². The maximum absolute atomic E-state index is 6.27. The van der Waals surface area contributed by atoms with Crippen LogP contribution in [0, 0.1) is 3.70 Å². The van der Waals surface area contributed by atoms with E-state index in [0.717, 1.165) is 37.2 Å². The van der Waals surface area contributed by atoms with E-state index in [4.69, 9.17) is 32.7 Å². The molecule has 0 atom stereocenters. The lowest BCUT2D eigenvalue weighted by Gasteiger charge is -2.08. The molecule has 6 aromatic rings. The number of hydrogen-bond acceptors (Lipinski definition) is 8. The van der Waals surface area contributed by atoms with Gasteiger partial charge in [0.1, 0.15) is 25.8 Å². The summed E-state index contributed by atoms with van der Waals surface area (Å²) >= 11 is 14.6. The molecule has 0 saturated heterocycles. The van der Waals surface area contributed by atoms with Crippen LogP contribution in [0.2, 0.25) is 10.0 Å². The van der Waals surface area contributed by atoms with E-state index in [1.165, 1.54) is 0 Å². The lowest BCUT2D eigenvalue weighted by Crippen LogP contribution is -1.97. The molecule has 0 spiro atoms. The summed E-state index contributed by atoms with van der Waals surface area (Å²) in [7, 11) is 0. The molecule has 13 heteroatoms. The number of H-pyrrole nitrogens is 2. The summed E-state index contributed by atoms with van der Waals surface area (Å²) in [5, 5.41) is 14.9. The molecule has 0 bridgehead atoms. The first-order valence-corrected chi connectivity index (χ1v) is 13.7. The first-order valence-electron chi connectivity index (χ1n) is 11.9. The normalized spacial score (nSPS) is 10.9. The average molecular weight is 675 g/mol. The molecule has 0 saturated carbocycles. The summed E-state index contributed by atoms with van der Waals surface area (Å²) in [6.07, 6.45) is 5.02. The Labute approximate surface area is 246 Å². The van der Waals surface area contributed by atoms with Gasteiger partial charge in [0, 0.05) is 12.4 Å². The van der Waals surface area contributed by atoms with Crippen LogP contribution in [0.1, 0.15) is 13.8 Å². The zero-order chi connectivity index (χ0) is 27.4. The molecule has 0 fully saturated rings. The van der Waals surface area contributed by atoms with Gasteiger partial charge in [-0.05, 0) is 72.8 Å². The molecule has 6 aromatic heterocycles. The SMILES string of the molecule is CCOc1ncccc1-c1cc(Cl)c2[nH]ncc2n1.CCOc1ncccc1-c1cc(Cl)c2n[nH]c(I)c2n1. The first-order chi connectivity index (χ1) is 19.0. The van der Waals surface area contributed by atoms with Crippen LogP contribution in [0.5, 0.6) is 11.8 Å². The van der Waals surface area contributed by atoms with Gasteiger partial charge in [0.15, 0.2) is 0 Å². The van der Waals surface area contributed by atoms with Gasteiger partial charge in [0.05, 0.1) is 52.0 Å². The van der Waals surface area contributed by atoms with Gasteiger partial charge >= 0.3 is 0 Å². The number of halogens is 3. The molecule has 39 heavy (non-hydrogen) atoms. The summed E-state index contributed by atoms with van der Waals surface area (Å²) in [5.41, 5.74) is 5.93. The maximum Gasteiger partial charge on any atom is 0.222 e.